The number of hydrogen-bond acceptors (Lipinski definition) is 3. The molecule has 0 bridgehead atoms. The average Bonchev–Trinajstić information content (AvgIpc) is 2.04. The first-order chi connectivity index (χ1) is 5.63. The zero-order valence-electron chi connectivity index (χ0n) is 6.27. The molecule has 12 heavy (non-hydrogen) atoms. The molecule has 2 N–H and O–H groups in total. The van der Waals surface area contributed by atoms with Crippen LogP contribution in [0.15, 0.2) is 0 Å². The summed E-state index contributed by atoms with van der Waals surface area (Å²) in [5, 5.41) is 17.1. The predicted molar refractivity (Wildman–Crippen MR) is 37.0 cm³/mol. The molecule has 0 aromatic carbocycles. The normalized spacial score (nSPS) is 23.7. The minimum Gasteiger partial charge on any atom is -0.480 e. The Labute approximate surface area is 68.3 Å². The average molecular weight is 175 g/mol. The number of carbonyl (C=O) groups is 2. The number of hydrogen-bond donors (Lipinski definition) is 2. The number of nitrogens with zero attached hydrogens (tertiary/aromatic N) is 1. The zero-order chi connectivity index (χ0) is 9.14. The van der Waals surface area contributed by atoms with Gasteiger partial charge in [-0.1, -0.05) is 0 Å². The highest BCUT2D eigenvalue weighted by molar-refractivity contribution is 5.79. The second-order valence-electron chi connectivity index (χ2n) is 2.40. The van der Waals surface area contributed by atoms with Gasteiger partial charge >= 0.3 is 12.1 Å². The molecular weight excluding hydrogens is 166 g/mol. The van der Waals surface area contributed by atoms with E-state index < -0.39 is 18.1 Å². The van der Waals surface area contributed by atoms with Crippen LogP contribution >= 0.6 is 0 Å². The molecule has 1 rings (SSSR count). The summed E-state index contributed by atoms with van der Waals surface area (Å²) in [4.78, 5) is 21.8. The molecule has 1 aliphatic heterocycles. The maximum Gasteiger partial charge on any atom is 0.408 e. The molecule has 68 valence electrons. The van der Waals surface area contributed by atoms with Gasteiger partial charge in [0.25, 0.3) is 0 Å². The Kier molecular flexibility index (Phi) is 2.49. The van der Waals surface area contributed by atoms with E-state index in [4.69, 9.17) is 14.9 Å². The monoisotopic (exact) mass is 175 g/mol. The standard InChI is InChI=1S/C6H9NO5/c8-5(9)4-3-12-2-1-7(4)6(10)11/h4H,1-3H2,(H,8,9)(H,10,11). The van der Waals surface area contributed by atoms with Gasteiger partial charge in [0.05, 0.1) is 13.2 Å². The Morgan fingerprint density at radius 3 is 2.50 bits per heavy atom. The third kappa shape index (κ3) is 1.65. The highest BCUT2D eigenvalue weighted by Gasteiger charge is 2.32. The fraction of sp³-hybridized carbons (Fsp3) is 0.667. The molecule has 0 aliphatic carbocycles. The van der Waals surface area contributed by atoms with Gasteiger partial charge in [0.1, 0.15) is 0 Å². The first-order valence-electron chi connectivity index (χ1n) is 3.43. The molecule has 0 spiro atoms. The van der Waals surface area contributed by atoms with Crippen LogP contribution in [-0.2, 0) is 9.53 Å². The van der Waals surface area contributed by atoms with Crippen molar-refractivity contribution in [1.29, 1.82) is 0 Å². The number of aliphatic carboxylic acids is 1. The lowest BCUT2D eigenvalue weighted by atomic mass is 10.2. The van der Waals surface area contributed by atoms with Crippen LogP contribution in [0.1, 0.15) is 0 Å². The highest BCUT2D eigenvalue weighted by atomic mass is 16.5. The third-order valence-electron chi connectivity index (χ3n) is 1.66. The molecule has 1 aliphatic rings. The van der Waals surface area contributed by atoms with Gasteiger partial charge in [0, 0.05) is 6.54 Å². The van der Waals surface area contributed by atoms with Crippen LogP contribution in [0.4, 0.5) is 4.79 Å². The molecule has 0 aromatic heterocycles. The zero-order valence-corrected chi connectivity index (χ0v) is 6.27. The van der Waals surface area contributed by atoms with Gasteiger partial charge in [0.15, 0.2) is 6.04 Å². The molecule has 0 aromatic rings. The highest BCUT2D eigenvalue weighted by Crippen LogP contribution is 2.06. The molecule has 1 heterocycles. The second-order valence-corrected chi connectivity index (χ2v) is 2.40. The van der Waals surface area contributed by atoms with Gasteiger partial charge < -0.3 is 14.9 Å². The molecule has 1 atom stereocenters. The summed E-state index contributed by atoms with van der Waals surface area (Å²) in [5.74, 6) is -1.17. The van der Waals surface area contributed by atoms with Crippen molar-refractivity contribution in [2.75, 3.05) is 19.8 Å². The van der Waals surface area contributed by atoms with Crippen molar-refractivity contribution >= 4 is 12.1 Å². The topological polar surface area (TPSA) is 87.1 Å². The number of carboxylic acid groups (broad SMARTS) is 2. The maximum atomic E-state index is 10.5. The smallest absolute Gasteiger partial charge is 0.408 e. The molecule has 1 amide bonds. The molecule has 1 unspecified atom stereocenters. The SMILES string of the molecule is O=C(O)C1COCCN1C(=O)O. The summed E-state index contributed by atoms with van der Waals surface area (Å²) in [5.41, 5.74) is 0. The van der Waals surface area contributed by atoms with Gasteiger partial charge in [-0.15, -0.1) is 0 Å². The molecule has 1 saturated heterocycles. The van der Waals surface area contributed by atoms with E-state index in [1.54, 1.807) is 0 Å². The number of rotatable bonds is 1. The lowest BCUT2D eigenvalue weighted by Crippen LogP contribution is -2.52. The Morgan fingerprint density at radius 1 is 1.42 bits per heavy atom. The second kappa shape index (κ2) is 3.40. The van der Waals surface area contributed by atoms with Crippen molar-refractivity contribution in [3.05, 3.63) is 0 Å². The van der Waals surface area contributed by atoms with Gasteiger partial charge in [-0.05, 0) is 0 Å². The Morgan fingerprint density at radius 2 is 2.08 bits per heavy atom. The van der Waals surface area contributed by atoms with Crippen LogP contribution in [0, 0.1) is 0 Å². The molecule has 1 fully saturated rings. The first kappa shape index (κ1) is 8.79. The lowest BCUT2D eigenvalue weighted by molar-refractivity contribution is -0.148. The number of ether oxygens (including phenoxy) is 1. The number of amides is 1. The van der Waals surface area contributed by atoms with Crippen LogP contribution in [0.25, 0.3) is 0 Å². The minimum atomic E-state index is -1.22. The van der Waals surface area contributed by atoms with E-state index in [9.17, 15) is 9.59 Å². The summed E-state index contributed by atoms with van der Waals surface area (Å²) in [7, 11) is 0. The molecule has 0 radical (unpaired) electrons. The number of morpholine rings is 1. The van der Waals surface area contributed by atoms with Gasteiger partial charge in [0.2, 0.25) is 0 Å². The van der Waals surface area contributed by atoms with Gasteiger partial charge in [-0.2, -0.15) is 0 Å². The van der Waals surface area contributed by atoms with Crippen LogP contribution in [0.5, 0.6) is 0 Å². The fourth-order valence-electron chi connectivity index (χ4n) is 1.04. The van der Waals surface area contributed by atoms with Gasteiger partial charge in [-0.25, -0.2) is 9.59 Å². The van der Waals surface area contributed by atoms with E-state index >= 15 is 0 Å². The largest absolute Gasteiger partial charge is 0.480 e. The van der Waals surface area contributed by atoms with E-state index in [0.29, 0.717) is 0 Å². The molecule has 0 saturated carbocycles. The first-order valence-corrected chi connectivity index (χ1v) is 3.43. The van der Waals surface area contributed by atoms with Crippen LogP contribution < -0.4 is 0 Å². The minimum absolute atomic E-state index is 0.0678. The van der Waals surface area contributed by atoms with Crippen molar-refractivity contribution in [2.45, 2.75) is 6.04 Å². The number of carboxylic acids is 1. The Hall–Kier alpha value is -1.30. The molecule has 6 nitrogen and oxygen atoms in total. The van der Waals surface area contributed by atoms with Gasteiger partial charge in [-0.3, -0.25) is 4.90 Å². The van der Waals surface area contributed by atoms with Crippen molar-refractivity contribution in [2.24, 2.45) is 0 Å². The Balaban J connectivity index is 2.67. The molecule has 6 heteroatoms. The van der Waals surface area contributed by atoms with Crippen molar-refractivity contribution in [3.63, 3.8) is 0 Å². The van der Waals surface area contributed by atoms with E-state index in [0.717, 1.165) is 4.90 Å². The quantitative estimate of drug-likeness (QED) is 0.558. The van der Waals surface area contributed by atoms with Crippen molar-refractivity contribution < 1.29 is 24.5 Å². The van der Waals surface area contributed by atoms with Crippen LogP contribution in [0.2, 0.25) is 0 Å². The van der Waals surface area contributed by atoms with Crippen molar-refractivity contribution in [1.82, 2.24) is 4.90 Å². The van der Waals surface area contributed by atoms with Crippen LogP contribution in [0.3, 0.4) is 0 Å². The van der Waals surface area contributed by atoms with E-state index in [1.165, 1.54) is 0 Å². The lowest BCUT2D eigenvalue weighted by Gasteiger charge is -2.30. The summed E-state index contributed by atoms with van der Waals surface area (Å²) >= 11 is 0. The molecular formula is C6H9NO5. The van der Waals surface area contributed by atoms with E-state index in [1.807, 2.05) is 0 Å². The third-order valence-corrected chi connectivity index (χ3v) is 1.66. The summed E-state index contributed by atoms with van der Waals surface area (Å²) in [6, 6.07) is -1.06. The Bertz CT molecular complexity index is 182. The fourth-order valence-corrected chi connectivity index (χ4v) is 1.04. The summed E-state index contributed by atoms with van der Waals surface area (Å²) < 4.78 is 4.84. The summed E-state index contributed by atoms with van der Waals surface area (Å²) in [6.07, 6.45) is -1.22. The van der Waals surface area contributed by atoms with E-state index in [2.05, 4.69) is 0 Å². The van der Waals surface area contributed by atoms with Crippen molar-refractivity contribution in [3.8, 4) is 0 Å². The predicted octanol–water partition coefficient (Wildman–Crippen LogP) is -0.550. The maximum absolute atomic E-state index is 10.5. The summed E-state index contributed by atoms with van der Waals surface area (Å²) in [6.45, 7) is 0.310. The van der Waals surface area contributed by atoms with Crippen LogP contribution in [-0.4, -0.2) is 53.0 Å². The van der Waals surface area contributed by atoms with E-state index in [-0.39, 0.29) is 19.8 Å².